The first-order valence-corrected chi connectivity index (χ1v) is 4.21. The summed E-state index contributed by atoms with van der Waals surface area (Å²) in [6.45, 7) is 5.74. The van der Waals surface area contributed by atoms with Crippen LogP contribution < -0.4 is 5.32 Å². The van der Waals surface area contributed by atoms with E-state index in [1.807, 2.05) is 6.20 Å². The van der Waals surface area contributed by atoms with Crippen LogP contribution in [-0.4, -0.2) is 11.5 Å². The number of hydrogen-bond acceptors (Lipinski definition) is 2. The SMILES string of the molecule is C=Cc1cc2c(cn1)CCNC2. The molecule has 0 bridgehead atoms. The monoisotopic (exact) mass is 160 g/mol. The van der Waals surface area contributed by atoms with Gasteiger partial charge in [-0.25, -0.2) is 0 Å². The largest absolute Gasteiger partial charge is 0.312 e. The van der Waals surface area contributed by atoms with Crippen molar-refractivity contribution in [1.29, 1.82) is 0 Å². The summed E-state index contributed by atoms with van der Waals surface area (Å²) in [5, 5.41) is 3.33. The van der Waals surface area contributed by atoms with Gasteiger partial charge in [-0.05, 0) is 36.2 Å². The Morgan fingerprint density at radius 3 is 3.25 bits per heavy atom. The Bertz CT molecular complexity index is 305. The highest BCUT2D eigenvalue weighted by atomic mass is 14.9. The molecule has 0 amide bonds. The Hall–Kier alpha value is -1.15. The average Bonchev–Trinajstić information content (AvgIpc) is 2.17. The highest BCUT2D eigenvalue weighted by Crippen LogP contribution is 2.13. The average molecular weight is 160 g/mol. The molecule has 12 heavy (non-hydrogen) atoms. The number of pyridine rings is 1. The Morgan fingerprint density at radius 2 is 2.42 bits per heavy atom. The van der Waals surface area contributed by atoms with Gasteiger partial charge in [-0.2, -0.15) is 0 Å². The second-order valence-electron chi connectivity index (χ2n) is 3.01. The first-order valence-electron chi connectivity index (χ1n) is 4.21. The molecule has 1 N–H and O–H groups in total. The molecule has 2 nitrogen and oxygen atoms in total. The summed E-state index contributed by atoms with van der Waals surface area (Å²) >= 11 is 0. The van der Waals surface area contributed by atoms with E-state index < -0.39 is 0 Å². The standard InChI is InChI=1S/C10H12N2/c1-2-10-5-9-6-11-4-3-8(9)7-12-10/h2,5,7,11H,1,3-4,6H2. The van der Waals surface area contributed by atoms with Gasteiger partial charge < -0.3 is 5.32 Å². The Labute approximate surface area is 72.3 Å². The molecular formula is C10H12N2. The van der Waals surface area contributed by atoms with Gasteiger partial charge in [0.05, 0.1) is 5.69 Å². The number of aromatic nitrogens is 1. The fourth-order valence-corrected chi connectivity index (χ4v) is 1.49. The third-order valence-corrected chi connectivity index (χ3v) is 2.20. The molecular weight excluding hydrogens is 148 g/mol. The minimum Gasteiger partial charge on any atom is -0.312 e. The van der Waals surface area contributed by atoms with Gasteiger partial charge >= 0.3 is 0 Å². The number of nitrogens with zero attached hydrogens (tertiary/aromatic N) is 1. The van der Waals surface area contributed by atoms with E-state index in [4.69, 9.17) is 0 Å². The molecule has 1 aromatic heterocycles. The molecule has 0 aromatic carbocycles. The normalized spacial score (nSPS) is 15.3. The molecule has 0 unspecified atom stereocenters. The molecule has 0 saturated carbocycles. The minimum absolute atomic E-state index is 0.970. The molecule has 0 spiro atoms. The molecule has 0 saturated heterocycles. The zero-order valence-corrected chi connectivity index (χ0v) is 7.01. The second kappa shape index (κ2) is 3.07. The van der Waals surface area contributed by atoms with E-state index >= 15 is 0 Å². The number of fused-ring (bicyclic) bond motifs is 1. The Balaban J connectivity index is 2.42. The molecule has 0 radical (unpaired) electrons. The Kier molecular flexibility index (Phi) is 1.92. The maximum Gasteiger partial charge on any atom is 0.0627 e. The van der Waals surface area contributed by atoms with Gasteiger partial charge in [0.15, 0.2) is 0 Å². The fourth-order valence-electron chi connectivity index (χ4n) is 1.49. The van der Waals surface area contributed by atoms with E-state index in [0.717, 1.165) is 25.2 Å². The summed E-state index contributed by atoms with van der Waals surface area (Å²) in [5.74, 6) is 0. The predicted molar refractivity (Wildman–Crippen MR) is 49.7 cm³/mol. The maximum atomic E-state index is 4.26. The highest BCUT2D eigenvalue weighted by Gasteiger charge is 2.08. The van der Waals surface area contributed by atoms with Crippen molar-refractivity contribution in [3.8, 4) is 0 Å². The van der Waals surface area contributed by atoms with Crippen LogP contribution in [0, 0.1) is 0 Å². The van der Waals surface area contributed by atoms with Crippen LogP contribution in [0.15, 0.2) is 18.8 Å². The smallest absolute Gasteiger partial charge is 0.0627 e. The van der Waals surface area contributed by atoms with Crippen LogP contribution >= 0.6 is 0 Å². The molecule has 2 rings (SSSR count). The molecule has 2 heterocycles. The van der Waals surface area contributed by atoms with Crippen molar-refractivity contribution >= 4 is 6.08 Å². The molecule has 0 aliphatic carbocycles. The third-order valence-electron chi connectivity index (χ3n) is 2.20. The van der Waals surface area contributed by atoms with Crippen molar-refractivity contribution in [3.05, 3.63) is 35.7 Å². The molecule has 0 fully saturated rings. The van der Waals surface area contributed by atoms with E-state index in [9.17, 15) is 0 Å². The van der Waals surface area contributed by atoms with E-state index in [0.29, 0.717) is 0 Å². The van der Waals surface area contributed by atoms with Crippen LogP contribution in [0.5, 0.6) is 0 Å². The summed E-state index contributed by atoms with van der Waals surface area (Å²) in [7, 11) is 0. The van der Waals surface area contributed by atoms with E-state index in [2.05, 4.69) is 22.9 Å². The molecule has 1 aromatic rings. The number of rotatable bonds is 1. The number of nitrogens with one attached hydrogen (secondary N) is 1. The summed E-state index contributed by atoms with van der Waals surface area (Å²) in [6.07, 6.45) is 4.85. The minimum atomic E-state index is 0.970. The predicted octanol–water partition coefficient (Wildman–Crippen LogP) is 1.37. The third kappa shape index (κ3) is 1.25. The van der Waals surface area contributed by atoms with Crippen molar-refractivity contribution in [3.63, 3.8) is 0 Å². The van der Waals surface area contributed by atoms with Crippen LogP contribution in [-0.2, 0) is 13.0 Å². The van der Waals surface area contributed by atoms with Crippen molar-refractivity contribution < 1.29 is 0 Å². The lowest BCUT2D eigenvalue weighted by molar-refractivity contribution is 0.641. The van der Waals surface area contributed by atoms with E-state index in [1.54, 1.807) is 6.08 Å². The quantitative estimate of drug-likeness (QED) is 0.671. The van der Waals surface area contributed by atoms with Crippen LogP contribution in [0.3, 0.4) is 0 Å². The van der Waals surface area contributed by atoms with Crippen LogP contribution in [0.1, 0.15) is 16.8 Å². The summed E-state index contributed by atoms with van der Waals surface area (Å²) in [6, 6.07) is 2.11. The van der Waals surface area contributed by atoms with Gasteiger partial charge in [0.25, 0.3) is 0 Å². The van der Waals surface area contributed by atoms with Gasteiger partial charge in [0.2, 0.25) is 0 Å². The number of hydrogen-bond donors (Lipinski definition) is 1. The maximum absolute atomic E-state index is 4.26. The van der Waals surface area contributed by atoms with Crippen molar-refractivity contribution in [2.24, 2.45) is 0 Å². The van der Waals surface area contributed by atoms with Crippen LogP contribution in [0.4, 0.5) is 0 Å². The van der Waals surface area contributed by atoms with Gasteiger partial charge in [0.1, 0.15) is 0 Å². The molecule has 1 aliphatic rings. The zero-order valence-electron chi connectivity index (χ0n) is 7.01. The summed E-state index contributed by atoms with van der Waals surface area (Å²) < 4.78 is 0. The van der Waals surface area contributed by atoms with Gasteiger partial charge in [-0.15, -0.1) is 0 Å². The van der Waals surface area contributed by atoms with Crippen LogP contribution in [0.25, 0.3) is 6.08 Å². The first kappa shape index (κ1) is 7.50. The molecule has 0 atom stereocenters. The van der Waals surface area contributed by atoms with Gasteiger partial charge in [-0.1, -0.05) is 6.58 Å². The van der Waals surface area contributed by atoms with Gasteiger partial charge in [0, 0.05) is 12.7 Å². The lowest BCUT2D eigenvalue weighted by atomic mass is 10.0. The molecule has 62 valence electrons. The first-order chi connectivity index (χ1) is 5.90. The van der Waals surface area contributed by atoms with Crippen molar-refractivity contribution in [2.75, 3.05) is 6.54 Å². The van der Waals surface area contributed by atoms with E-state index in [1.165, 1.54) is 11.1 Å². The topological polar surface area (TPSA) is 24.9 Å². The lowest BCUT2D eigenvalue weighted by Crippen LogP contribution is -2.23. The van der Waals surface area contributed by atoms with Gasteiger partial charge in [-0.3, -0.25) is 4.98 Å². The van der Waals surface area contributed by atoms with Crippen LogP contribution in [0.2, 0.25) is 0 Å². The fraction of sp³-hybridized carbons (Fsp3) is 0.300. The molecule has 1 aliphatic heterocycles. The van der Waals surface area contributed by atoms with Crippen molar-refractivity contribution in [2.45, 2.75) is 13.0 Å². The summed E-state index contributed by atoms with van der Waals surface area (Å²) in [5.41, 5.74) is 3.71. The van der Waals surface area contributed by atoms with Crippen molar-refractivity contribution in [1.82, 2.24) is 10.3 Å². The highest BCUT2D eigenvalue weighted by molar-refractivity contribution is 5.44. The second-order valence-corrected chi connectivity index (χ2v) is 3.01. The zero-order chi connectivity index (χ0) is 8.39. The molecule has 2 heteroatoms. The lowest BCUT2D eigenvalue weighted by Gasteiger charge is -2.16. The van der Waals surface area contributed by atoms with E-state index in [-0.39, 0.29) is 0 Å². The Morgan fingerprint density at radius 1 is 1.50 bits per heavy atom. The summed E-state index contributed by atoms with van der Waals surface area (Å²) in [4.78, 5) is 4.26.